The van der Waals surface area contributed by atoms with E-state index in [9.17, 15) is 14.4 Å². The molecule has 2 amide bonds. The fraction of sp³-hybridized carbons (Fsp3) is 0.700. The van der Waals surface area contributed by atoms with Gasteiger partial charge in [0, 0.05) is 12.8 Å². The van der Waals surface area contributed by atoms with Gasteiger partial charge >= 0.3 is 5.97 Å². The Morgan fingerprint density at radius 3 is 2.38 bits per heavy atom. The predicted molar refractivity (Wildman–Crippen MR) is 57.5 cm³/mol. The second-order valence-corrected chi connectivity index (χ2v) is 3.57. The van der Waals surface area contributed by atoms with E-state index in [0.717, 1.165) is 6.42 Å². The van der Waals surface area contributed by atoms with E-state index in [1.54, 1.807) is 0 Å². The second-order valence-electron chi connectivity index (χ2n) is 3.57. The Hall–Kier alpha value is -1.59. The molecule has 1 atom stereocenters. The minimum atomic E-state index is -1.15. The molecule has 0 aromatic carbocycles. The van der Waals surface area contributed by atoms with E-state index >= 15 is 0 Å². The number of amides is 2. The molecule has 4 N–H and O–H groups in total. The van der Waals surface area contributed by atoms with Crippen LogP contribution in [0.15, 0.2) is 0 Å². The summed E-state index contributed by atoms with van der Waals surface area (Å²) in [7, 11) is 0. The van der Waals surface area contributed by atoms with Gasteiger partial charge < -0.3 is 16.2 Å². The predicted octanol–water partition coefficient (Wildman–Crippen LogP) is 0.0115. The fourth-order valence-corrected chi connectivity index (χ4v) is 1.15. The lowest BCUT2D eigenvalue weighted by Crippen LogP contribution is -2.41. The number of rotatable bonds is 8. The third-order valence-electron chi connectivity index (χ3n) is 2.07. The van der Waals surface area contributed by atoms with Gasteiger partial charge in [-0.2, -0.15) is 0 Å². The van der Waals surface area contributed by atoms with Gasteiger partial charge in [-0.05, 0) is 12.8 Å². The molecule has 0 fully saturated rings. The Morgan fingerprint density at radius 1 is 1.31 bits per heavy atom. The van der Waals surface area contributed by atoms with Gasteiger partial charge in [0.15, 0.2) is 0 Å². The number of nitrogens with one attached hydrogen (secondary N) is 1. The highest BCUT2D eigenvalue weighted by Gasteiger charge is 2.19. The first kappa shape index (κ1) is 14.4. The van der Waals surface area contributed by atoms with Crippen LogP contribution in [0.3, 0.4) is 0 Å². The average Bonchev–Trinajstić information content (AvgIpc) is 2.20. The summed E-state index contributed by atoms with van der Waals surface area (Å²) in [4.78, 5) is 32.5. The molecule has 92 valence electrons. The first-order chi connectivity index (χ1) is 7.47. The molecule has 6 nitrogen and oxygen atoms in total. The normalized spacial score (nSPS) is 11.8. The van der Waals surface area contributed by atoms with Crippen LogP contribution in [0.5, 0.6) is 0 Å². The first-order valence-electron chi connectivity index (χ1n) is 5.27. The maximum absolute atomic E-state index is 11.3. The van der Waals surface area contributed by atoms with Crippen molar-refractivity contribution in [1.82, 2.24) is 5.32 Å². The minimum absolute atomic E-state index is 0.0303. The van der Waals surface area contributed by atoms with Crippen molar-refractivity contribution in [3.05, 3.63) is 0 Å². The molecule has 0 heterocycles. The van der Waals surface area contributed by atoms with Crippen LogP contribution in [-0.4, -0.2) is 28.9 Å². The third-order valence-corrected chi connectivity index (χ3v) is 2.07. The largest absolute Gasteiger partial charge is 0.480 e. The van der Waals surface area contributed by atoms with Gasteiger partial charge in [-0.1, -0.05) is 13.3 Å². The molecule has 0 aliphatic carbocycles. The number of nitrogens with two attached hydrogens (primary N) is 1. The van der Waals surface area contributed by atoms with E-state index < -0.39 is 17.9 Å². The number of hydrogen-bond acceptors (Lipinski definition) is 3. The molecule has 16 heavy (non-hydrogen) atoms. The monoisotopic (exact) mass is 230 g/mol. The van der Waals surface area contributed by atoms with Gasteiger partial charge in [-0.3, -0.25) is 9.59 Å². The molecule has 6 heteroatoms. The van der Waals surface area contributed by atoms with Crippen molar-refractivity contribution in [2.45, 2.75) is 45.1 Å². The molecule has 0 spiro atoms. The molecular formula is C10H18N2O4. The summed E-state index contributed by atoms with van der Waals surface area (Å²) >= 11 is 0. The van der Waals surface area contributed by atoms with Crippen LogP contribution in [-0.2, 0) is 14.4 Å². The molecule has 0 aliphatic rings. The maximum atomic E-state index is 11.3. The summed E-state index contributed by atoms with van der Waals surface area (Å²) in [6, 6.07) is -1.03. The lowest BCUT2D eigenvalue weighted by molar-refractivity contribution is -0.142. The third kappa shape index (κ3) is 6.80. The zero-order chi connectivity index (χ0) is 12.6. The van der Waals surface area contributed by atoms with Crippen LogP contribution >= 0.6 is 0 Å². The number of carbonyl (C=O) groups excluding carboxylic acids is 2. The zero-order valence-corrected chi connectivity index (χ0v) is 9.36. The van der Waals surface area contributed by atoms with Gasteiger partial charge in [-0.25, -0.2) is 4.79 Å². The molecular weight excluding hydrogens is 212 g/mol. The minimum Gasteiger partial charge on any atom is -0.480 e. The van der Waals surface area contributed by atoms with Crippen molar-refractivity contribution in [3.63, 3.8) is 0 Å². The Bertz CT molecular complexity index is 266. The summed E-state index contributed by atoms with van der Waals surface area (Å²) in [6.45, 7) is 1.94. The molecule has 0 aromatic heterocycles. The van der Waals surface area contributed by atoms with Crippen molar-refractivity contribution in [2.75, 3.05) is 0 Å². The number of carboxylic acids is 1. The number of hydrogen-bond donors (Lipinski definition) is 3. The number of carboxylic acid groups (broad SMARTS) is 1. The maximum Gasteiger partial charge on any atom is 0.326 e. The van der Waals surface area contributed by atoms with Crippen molar-refractivity contribution < 1.29 is 19.5 Å². The van der Waals surface area contributed by atoms with Gasteiger partial charge in [0.25, 0.3) is 0 Å². The van der Waals surface area contributed by atoms with Crippen LogP contribution in [0.25, 0.3) is 0 Å². The van der Waals surface area contributed by atoms with Crippen molar-refractivity contribution in [2.24, 2.45) is 5.73 Å². The van der Waals surface area contributed by atoms with Gasteiger partial charge in [0.1, 0.15) is 6.04 Å². The van der Waals surface area contributed by atoms with Crippen LogP contribution in [0.1, 0.15) is 39.0 Å². The summed E-state index contributed by atoms with van der Waals surface area (Å²) < 4.78 is 0. The quantitative estimate of drug-likeness (QED) is 0.545. The molecule has 0 saturated heterocycles. The van der Waals surface area contributed by atoms with E-state index in [0.29, 0.717) is 12.8 Å². The number of unbranched alkanes of at least 4 members (excludes halogenated alkanes) is 1. The topological polar surface area (TPSA) is 109 Å². The highest BCUT2D eigenvalue weighted by molar-refractivity contribution is 5.84. The van der Waals surface area contributed by atoms with E-state index in [4.69, 9.17) is 10.8 Å². The molecule has 0 bridgehead atoms. The van der Waals surface area contributed by atoms with Gasteiger partial charge in [0.05, 0.1) is 0 Å². The summed E-state index contributed by atoms with van der Waals surface area (Å²) in [6.07, 6.45) is 1.87. The van der Waals surface area contributed by atoms with Crippen LogP contribution < -0.4 is 11.1 Å². The standard InChI is InChI=1S/C10H18N2O4/c1-2-3-4-9(14)12-7(10(15)16)5-6-8(11)13/h7H,2-6H2,1H3,(H2,11,13)(H,12,14)(H,15,16)/t7-/m0/s1. The first-order valence-corrected chi connectivity index (χ1v) is 5.27. The summed E-state index contributed by atoms with van der Waals surface area (Å²) in [5.41, 5.74) is 4.91. The van der Waals surface area contributed by atoms with Gasteiger partial charge in [0.2, 0.25) is 11.8 Å². The summed E-state index contributed by atoms with van der Waals surface area (Å²) in [5.74, 6) is -2.03. The van der Waals surface area contributed by atoms with Crippen LogP contribution in [0.2, 0.25) is 0 Å². The SMILES string of the molecule is CCCCC(=O)N[C@@H](CCC(N)=O)C(=O)O. The van der Waals surface area contributed by atoms with Crippen molar-refractivity contribution >= 4 is 17.8 Å². The fourth-order valence-electron chi connectivity index (χ4n) is 1.15. The molecule has 0 radical (unpaired) electrons. The Morgan fingerprint density at radius 2 is 1.94 bits per heavy atom. The Balaban J connectivity index is 4.07. The van der Waals surface area contributed by atoms with E-state index in [2.05, 4.69) is 5.32 Å². The highest BCUT2D eigenvalue weighted by atomic mass is 16.4. The molecule has 0 aromatic rings. The van der Waals surface area contributed by atoms with E-state index in [1.807, 2.05) is 6.92 Å². The van der Waals surface area contributed by atoms with E-state index in [1.165, 1.54) is 0 Å². The van der Waals surface area contributed by atoms with Crippen molar-refractivity contribution in [3.8, 4) is 0 Å². The lowest BCUT2D eigenvalue weighted by Gasteiger charge is -2.13. The smallest absolute Gasteiger partial charge is 0.326 e. The summed E-state index contributed by atoms with van der Waals surface area (Å²) in [5, 5.41) is 11.2. The number of carbonyl (C=O) groups is 3. The van der Waals surface area contributed by atoms with E-state index in [-0.39, 0.29) is 18.7 Å². The molecule has 0 saturated carbocycles. The second kappa shape index (κ2) is 7.67. The number of primary amides is 1. The van der Waals surface area contributed by atoms with Crippen LogP contribution in [0, 0.1) is 0 Å². The Kier molecular flexibility index (Phi) is 6.91. The van der Waals surface area contributed by atoms with Crippen LogP contribution in [0.4, 0.5) is 0 Å². The molecule has 0 rings (SSSR count). The zero-order valence-electron chi connectivity index (χ0n) is 9.36. The molecule has 0 unspecified atom stereocenters. The average molecular weight is 230 g/mol. The lowest BCUT2D eigenvalue weighted by atomic mass is 10.1. The highest BCUT2D eigenvalue weighted by Crippen LogP contribution is 2.00. The number of aliphatic carboxylic acids is 1. The van der Waals surface area contributed by atoms with Gasteiger partial charge in [-0.15, -0.1) is 0 Å². The van der Waals surface area contributed by atoms with Crippen molar-refractivity contribution in [1.29, 1.82) is 0 Å². The molecule has 0 aliphatic heterocycles. The Labute approximate surface area is 94.2 Å².